The maximum absolute atomic E-state index is 5.66. The molecule has 0 aliphatic heterocycles. The number of rotatable bonds is 4. The first kappa shape index (κ1) is 11.7. The lowest BCUT2D eigenvalue weighted by Gasteiger charge is -2.15. The van der Waals surface area contributed by atoms with Gasteiger partial charge in [0.15, 0.2) is 5.13 Å². The van der Waals surface area contributed by atoms with E-state index in [0.29, 0.717) is 0 Å². The van der Waals surface area contributed by atoms with Crippen LogP contribution in [0.1, 0.15) is 5.56 Å². The lowest BCUT2D eigenvalue weighted by Crippen LogP contribution is -2.15. The number of benzene rings is 1. The van der Waals surface area contributed by atoms with Gasteiger partial charge in [-0.05, 0) is 17.7 Å². The summed E-state index contributed by atoms with van der Waals surface area (Å²) in [5.74, 6) is 0.870. The van der Waals surface area contributed by atoms with Crippen molar-refractivity contribution in [1.82, 2.24) is 4.98 Å². The quantitative estimate of drug-likeness (QED) is 0.903. The zero-order valence-corrected chi connectivity index (χ0v) is 10.7. The molecule has 0 radical (unpaired) electrons. The van der Waals surface area contributed by atoms with Gasteiger partial charge < -0.3 is 15.4 Å². The van der Waals surface area contributed by atoms with Gasteiger partial charge >= 0.3 is 0 Å². The largest absolute Gasteiger partial charge is 0.497 e. The molecule has 5 heteroatoms. The highest BCUT2D eigenvalue weighted by molar-refractivity contribution is 7.19. The number of hydrogen-bond acceptors (Lipinski definition) is 5. The van der Waals surface area contributed by atoms with Gasteiger partial charge in [0.2, 0.25) is 0 Å². The van der Waals surface area contributed by atoms with Crippen LogP contribution in [0.2, 0.25) is 0 Å². The van der Waals surface area contributed by atoms with E-state index in [0.717, 1.165) is 22.4 Å². The van der Waals surface area contributed by atoms with Gasteiger partial charge in [0, 0.05) is 13.6 Å². The summed E-state index contributed by atoms with van der Waals surface area (Å²) in [7, 11) is 3.67. The summed E-state index contributed by atoms with van der Waals surface area (Å²) in [4.78, 5) is 6.31. The first-order valence-electron chi connectivity index (χ1n) is 5.24. The molecule has 2 rings (SSSR count). The third kappa shape index (κ3) is 2.88. The van der Waals surface area contributed by atoms with Crippen molar-refractivity contribution >= 4 is 21.5 Å². The fourth-order valence-corrected chi connectivity index (χ4v) is 2.21. The lowest BCUT2D eigenvalue weighted by molar-refractivity contribution is 0.414. The molecule has 0 aliphatic rings. The predicted octanol–water partition coefficient (Wildman–Crippen LogP) is 2.37. The number of methoxy groups -OCH3 is 1. The van der Waals surface area contributed by atoms with Crippen molar-refractivity contribution < 1.29 is 4.74 Å². The number of ether oxygens (including phenoxy) is 1. The molecule has 0 unspecified atom stereocenters. The van der Waals surface area contributed by atoms with Crippen LogP contribution in [0.25, 0.3) is 0 Å². The van der Waals surface area contributed by atoms with E-state index in [2.05, 4.69) is 16.0 Å². The summed E-state index contributed by atoms with van der Waals surface area (Å²) in [6, 6.07) is 8.01. The minimum Gasteiger partial charge on any atom is -0.497 e. The van der Waals surface area contributed by atoms with Gasteiger partial charge in [-0.15, -0.1) is 0 Å². The first-order valence-corrected chi connectivity index (χ1v) is 6.06. The topological polar surface area (TPSA) is 51.4 Å². The summed E-state index contributed by atoms with van der Waals surface area (Å²) >= 11 is 1.49. The van der Waals surface area contributed by atoms with Gasteiger partial charge in [0.25, 0.3) is 0 Å². The second kappa shape index (κ2) is 5.05. The summed E-state index contributed by atoms with van der Waals surface area (Å²) in [6.07, 6.45) is 1.68. The van der Waals surface area contributed by atoms with Crippen LogP contribution in [0.3, 0.4) is 0 Å². The molecule has 17 heavy (non-hydrogen) atoms. The first-order chi connectivity index (χ1) is 8.19. The molecule has 1 aromatic heterocycles. The van der Waals surface area contributed by atoms with Crippen molar-refractivity contribution in [1.29, 1.82) is 0 Å². The van der Waals surface area contributed by atoms with Crippen LogP contribution in [-0.4, -0.2) is 19.1 Å². The van der Waals surface area contributed by atoms with Gasteiger partial charge in [-0.2, -0.15) is 0 Å². The summed E-state index contributed by atoms with van der Waals surface area (Å²) in [6.45, 7) is 0.782. The Kier molecular flexibility index (Phi) is 3.49. The molecule has 0 fully saturated rings. The molecule has 2 aromatic rings. The third-order valence-electron chi connectivity index (χ3n) is 2.39. The van der Waals surface area contributed by atoms with Crippen molar-refractivity contribution in [2.24, 2.45) is 0 Å². The number of thiazole rings is 1. The SMILES string of the molecule is COc1cccc(CN(C)c2ncc(N)s2)c1. The molecular weight excluding hydrogens is 234 g/mol. The molecule has 4 nitrogen and oxygen atoms in total. The molecule has 0 saturated heterocycles. The Labute approximate surface area is 105 Å². The van der Waals surface area contributed by atoms with E-state index >= 15 is 0 Å². The molecule has 0 saturated carbocycles. The highest BCUT2D eigenvalue weighted by Crippen LogP contribution is 2.24. The van der Waals surface area contributed by atoms with Gasteiger partial charge in [0.05, 0.1) is 13.3 Å². The Morgan fingerprint density at radius 2 is 2.29 bits per heavy atom. The minimum absolute atomic E-state index is 0.734. The Morgan fingerprint density at radius 3 is 2.94 bits per heavy atom. The summed E-state index contributed by atoms with van der Waals surface area (Å²) in [5, 5.41) is 1.66. The predicted molar refractivity (Wildman–Crippen MR) is 71.6 cm³/mol. The minimum atomic E-state index is 0.734. The zero-order valence-electron chi connectivity index (χ0n) is 9.88. The van der Waals surface area contributed by atoms with Gasteiger partial charge in [-0.3, -0.25) is 0 Å². The van der Waals surface area contributed by atoms with Gasteiger partial charge in [-0.25, -0.2) is 4.98 Å². The molecule has 0 aliphatic carbocycles. The fourth-order valence-electron chi connectivity index (χ4n) is 1.57. The van der Waals surface area contributed by atoms with Crippen LogP contribution in [0, 0.1) is 0 Å². The standard InChI is InChI=1S/C12H15N3OS/c1-15(12-14-7-11(13)17-12)8-9-4-3-5-10(6-9)16-2/h3-7H,8,13H2,1-2H3. The Bertz CT molecular complexity index is 498. The highest BCUT2D eigenvalue weighted by Gasteiger charge is 2.06. The lowest BCUT2D eigenvalue weighted by atomic mass is 10.2. The van der Waals surface area contributed by atoms with Crippen molar-refractivity contribution in [3.63, 3.8) is 0 Å². The Balaban J connectivity index is 2.09. The Morgan fingerprint density at radius 1 is 1.47 bits per heavy atom. The Hall–Kier alpha value is -1.75. The van der Waals surface area contributed by atoms with Crippen LogP contribution in [0.5, 0.6) is 5.75 Å². The summed E-state index contributed by atoms with van der Waals surface area (Å²) in [5.41, 5.74) is 6.85. The van der Waals surface area contributed by atoms with Crippen molar-refractivity contribution in [3.05, 3.63) is 36.0 Å². The van der Waals surface area contributed by atoms with Crippen molar-refractivity contribution in [3.8, 4) is 5.75 Å². The fraction of sp³-hybridized carbons (Fsp3) is 0.250. The monoisotopic (exact) mass is 249 g/mol. The summed E-state index contributed by atoms with van der Waals surface area (Å²) < 4.78 is 5.19. The second-order valence-electron chi connectivity index (χ2n) is 3.75. The molecular formula is C12H15N3OS. The molecule has 0 amide bonds. The molecule has 0 spiro atoms. The van der Waals surface area contributed by atoms with E-state index < -0.39 is 0 Å². The number of hydrogen-bond donors (Lipinski definition) is 1. The normalized spacial score (nSPS) is 10.2. The number of aromatic nitrogens is 1. The molecule has 0 bridgehead atoms. The van der Waals surface area contributed by atoms with E-state index in [4.69, 9.17) is 10.5 Å². The number of anilines is 2. The van der Waals surface area contributed by atoms with E-state index in [1.54, 1.807) is 13.3 Å². The van der Waals surface area contributed by atoms with Crippen LogP contribution >= 0.6 is 11.3 Å². The second-order valence-corrected chi connectivity index (χ2v) is 4.79. The van der Waals surface area contributed by atoms with E-state index in [1.807, 2.05) is 25.2 Å². The van der Waals surface area contributed by atoms with Crippen molar-refractivity contribution in [2.75, 3.05) is 24.8 Å². The molecule has 0 atom stereocenters. The van der Waals surface area contributed by atoms with Crippen LogP contribution in [0.15, 0.2) is 30.5 Å². The van der Waals surface area contributed by atoms with E-state index in [-0.39, 0.29) is 0 Å². The molecule has 90 valence electrons. The third-order valence-corrected chi connectivity index (χ3v) is 3.33. The number of nitrogens with zero attached hydrogens (tertiary/aromatic N) is 2. The molecule has 1 aromatic carbocycles. The van der Waals surface area contributed by atoms with Crippen LogP contribution in [0.4, 0.5) is 10.1 Å². The molecule has 2 N–H and O–H groups in total. The average molecular weight is 249 g/mol. The maximum atomic E-state index is 5.66. The van der Waals surface area contributed by atoms with Gasteiger partial charge in [-0.1, -0.05) is 23.5 Å². The highest BCUT2D eigenvalue weighted by atomic mass is 32.1. The van der Waals surface area contributed by atoms with E-state index in [1.165, 1.54) is 16.9 Å². The smallest absolute Gasteiger partial charge is 0.187 e. The van der Waals surface area contributed by atoms with Crippen LogP contribution in [-0.2, 0) is 6.54 Å². The van der Waals surface area contributed by atoms with Crippen LogP contribution < -0.4 is 15.4 Å². The van der Waals surface area contributed by atoms with Gasteiger partial charge in [0.1, 0.15) is 10.8 Å². The van der Waals surface area contributed by atoms with Crippen molar-refractivity contribution in [2.45, 2.75) is 6.54 Å². The number of nitrogen functional groups attached to an aromatic ring is 1. The maximum Gasteiger partial charge on any atom is 0.187 e. The van der Waals surface area contributed by atoms with E-state index in [9.17, 15) is 0 Å². The number of nitrogens with two attached hydrogens (primary N) is 1. The zero-order chi connectivity index (χ0) is 12.3. The molecule has 1 heterocycles. The average Bonchev–Trinajstić information content (AvgIpc) is 2.76.